The first-order valence-electron chi connectivity index (χ1n) is 20.0. The molecule has 9 heteroatoms. The van der Waals surface area contributed by atoms with Crippen LogP contribution in [0.1, 0.15) is 113 Å². The number of amides is 1. The van der Waals surface area contributed by atoms with Crippen molar-refractivity contribution in [3.05, 3.63) is 0 Å². The SMILES string of the molecule is CC1CC(C(O)C(C)(C)O)OC2C1C1(C)CCC34CC35CCC(OC3CN(C(=O)CN6CCCC6)CCO3)C(C)(C)C5CCC4C1(C)C2O. The number of hydrogen-bond acceptors (Lipinski definition) is 8. The fourth-order valence-corrected chi connectivity index (χ4v) is 14.6. The molecular weight excluding hydrogens is 620 g/mol. The number of rotatable bonds is 6. The Morgan fingerprint density at radius 2 is 1.69 bits per heavy atom. The van der Waals surface area contributed by atoms with Crippen LogP contribution in [0.4, 0.5) is 0 Å². The molecular formula is C40H66N2O7. The zero-order valence-electron chi connectivity index (χ0n) is 31.5. The highest BCUT2D eigenvalue weighted by molar-refractivity contribution is 5.78. The number of nitrogens with zero attached hydrogens (tertiary/aromatic N) is 2. The van der Waals surface area contributed by atoms with E-state index in [0.29, 0.717) is 50.4 Å². The summed E-state index contributed by atoms with van der Waals surface area (Å²) in [5, 5.41) is 34.2. The van der Waals surface area contributed by atoms with E-state index in [1.54, 1.807) is 13.8 Å². The van der Waals surface area contributed by atoms with Crippen molar-refractivity contribution in [2.45, 2.75) is 155 Å². The van der Waals surface area contributed by atoms with Crippen LogP contribution < -0.4 is 0 Å². The molecule has 14 atom stereocenters. The molecule has 14 unspecified atom stereocenters. The average Bonchev–Trinajstić information content (AvgIpc) is 3.33. The summed E-state index contributed by atoms with van der Waals surface area (Å²) in [5.41, 5.74) is -1.05. The normalized spacial score (nSPS) is 51.2. The number of aliphatic hydroxyl groups excluding tert-OH is 2. The molecule has 3 saturated heterocycles. The van der Waals surface area contributed by atoms with Gasteiger partial charge in [-0.15, -0.1) is 0 Å². The van der Waals surface area contributed by atoms with Gasteiger partial charge in [-0.2, -0.15) is 0 Å². The lowest BCUT2D eigenvalue weighted by atomic mass is 9.41. The van der Waals surface area contributed by atoms with E-state index in [-0.39, 0.29) is 57.4 Å². The summed E-state index contributed by atoms with van der Waals surface area (Å²) in [6.07, 6.45) is 8.46. The molecule has 0 radical (unpaired) electrons. The number of likely N-dealkylation sites (tertiary alicyclic amines) is 1. The lowest BCUT2D eigenvalue weighted by molar-refractivity contribution is -0.248. The molecule has 0 aromatic carbocycles. The van der Waals surface area contributed by atoms with Crippen LogP contribution in [-0.2, 0) is 19.0 Å². The van der Waals surface area contributed by atoms with E-state index >= 15 is 0 Å². The summed E-state index contributed by atoms with van der Waals surface area (Å²) in [4.78, 5) is 17.4. The Kier molecular flexibility index (Phi) is 8.34. The van der Waals surface area contributed by atoms with E-state index in [2.05, 4.69) is 39.5 Å². The number of ether oxygens (including phenoxy) is 3. The van der Waals surface area contributed by atoms with Gasteiger partial charge in [0.1, 0.15) is 6.10 Å². The van der Waals surface area contributed by atoms with Crippen molar-refractivity contribution in [3.8, 4) is 0 Å². The summed E-state index contributed by atoms with van der Waals surface area (Å²) in [5.74, 6) is 1.73. The van der Waals surface area contributed by atoms with Gasteiger partial charge in [0, 0.05) is 12.0 Å². The smallest absolute Gasteiger partial charge is 0.237 e. The molecule has 8 fully saturated rings. The van der Waals surface area contributed by atoms with Gasteiger partial charge in [0.25, 0.3) is 0 Å². The number of carbonyl (C=O) groups is 1. The zero-order chi connectivity index (χ0) is 34.9. The fourth-order valence-electron chi connectivity index (χ4n) is 14.6. The van der Waals surface area contributed by atoms with Crippen LogP contribution in [0, 0.1) is 50.7 Å². The molecule has 9 nitrogen and oxygen atoms in total. The standard InChI is InChI=1S/C40H66N2O7/c1-24-20-25(33(44)36(4,5)46)48-32-31(24)37(6)14-15-40-23-39(40)13-12-28(35(2,3)26(39)10-11-27(40)38(37,7)34(32)45)49-30-22-42(18-19-47-30)29(43)21-41-16-8-9-17-41/h24-28,30-34,44-46H,8-23H2,1-7H3. The highest BCUT2D eigenvalue weighted by Crippen LogP contribution is 2.89. The third kappa shape index (κ3) is 4.90. The van der Waals surface area contributed by atoms with Crippen LogP contribution in [0.2, 0.25) is 0 Å². The second kappa shape index (κ2) is 11.6. The Balaban J connectivity index is 0.985. The molecule has 49 heavy (non-hydrogen) atoms. The van der Waals surface area contributed by atoms with Crippen LogP contribution in [0.3, 0.4) is 0 Å². The number of fused-ring (bicyclic) bond motifs is 4. The Labute approximate surface area is 294 Å². The maximum absolute atomic E-state index is 13.2. The van der Waals surface area contributed by atoms with Gasteiger partial charge in [0.15, 0.2) is 6.29 Å². The molecule has 3 heterocycles. The van der Waals surface area contributed by atoms with Gasteiger partial charge >= 0.3 is 0 Å². The zero-order valence-corrected chi connectivity index (χ0v) is 31.5. The van der Waals surface area contributed by atoms with Crippen molar-refractivity contribution in [1.29, 1.82) is 0 Å². The van der Waals surface area contributed by atoms with E-state index in [1.165, 1.54) is 25.7 Å². The number of carbonyl (C=O) groups excluding carboxylic acids is 1. The van der Waals surface area contributed by atoms with Crippen LogP contribution in [0.15, 0.2) is 0 Å². The Bertz CT molecular complexity index is 1300. The lowest BCUT2D eigenvalue weighted by Gasteiger charge is -2.64. The minimum Gasteiger partial charge on any atom is -0.390 e. The quantitative estimate of drug-likeness (QED) is 0.372. The van der Waals surface area contributed by atoms with Gasteiger partial charge in [-0.3, -0.25) is 9.69 Å². The summed E-state index contributed by atoms with van der Waals surface area (Å²) in [6, 6.07) is 0. The van der Waals surface area contributed by atoms with Gasteiger partial charge < -0.3 is 34.4 Å². The highest BCUT2D eigenvalue weighted by atomic mass is 16.7. The largest absolute Gasteiger partial charge is 0.390 e. The minimum absolute atomic E-state index is 0.0140. The van der Waals surface area contributed by atoms with Crippen LogP contribution in [0.5, 0.6) is 0 Å². The molecule has 2 spiro atoms. The van der Waals surface area contributed by atoms with Crippen molar-refractivity contribution in [2.24, 2.45) is 50.7 Å². The molecule has 3 N–H and O–H groups in total. The molecule has 3 aliphatic heterocycles. The Morgan fingerprint density at radius 1 is 1.00 bits per heavy atom. The summed E-state index contributed by atoms with van der Waals surface area (Å²) >= 11 is 0. The first-order chi connectivity index (χ1) is 23.0. The number of aliphatic hydroxyl groups is 3. The van der Waals surface area contributed by atoms with Crippen LogP contribution in [-0.4, -0.2) is 113 Å². The molecule has 8 rings (SSSR count). The summed E-state index contributed by atoms with van der Waals surface area (Å²) in [6.45, 7) is 19.6. The Hall–Kier alpha value is -0.810. The van der Waals surface area contributed by atoms with Crippen LogP contribution in [0.25, 0.3) is 0 Å². The highest BCUT2D eigenvalue weighted by Gasteiger charge is 2.84. The predicted molar refractivity (Wildman–Crippen MR) is 185 cm³/mol. The van der Waals surface area contributed by atoms with E-state index in [9.17, 15) is 20.1 Å². The summed E-state index contributed by atoms with van der Waals surface area (Å²) in [7, 11) is 0. The van der Waals surface area contributed by atoms with Gasteiger partial charge in [-0.1, -0.05) is 34.6 Å². The Morgan fingerprint density at radius 3 is 2.41 bits per heavy atom. The maximum Gasteiger partial charge on any atom is 0.237 e. The van der Waals surface area contributed by atoms with Crippen LogP contribution >= 0.6 is 0 Å². The molecule has 0 bridgehead atoms. The number of morpholine rings is 1. The van der Waals surface area contributed by atoms with Crippen molar-refractivity contribution in [3.63, 3.8) is 0 Å². The topological polar surface area (TPSA) is 112 Å². The molecule has 278 valence electrons. The second-order valence-corrected chi connectivity index (χ2v) is 19.9. The minimum atomic E-state index is -1.26. The third-order valence-corrected chi connectivity index (χ3v) is 17.1. The van der Waals surface area contributed by atoms with Crippen molar-refractivity contribution < 1.29 is 34.3 Å². The van der Waals surface area contributed by atoms with Crippen molar-refractivity contribution in [1.82, 2.24) is 9.80 Å². The van der Waals surface area contributed by atoms with E-state index in [0.717, 1.165) is 45.2 Å². The van der Waals surface area contributed by atoms with Crippen molar-refractivity contribution in [2.75, 3.05) is 39.3 Å². The fraction of sp³-hybridized carbons (Fsp3) is 0.975. The first-order valence-corrected chi connectivity index (χ1v) is 20.0. The first kappa shape index (κ1) is 35.2. The molecule has 5 aliphatic carbocycles. The van der Waals surface area contributed by atoms with Gasteiger partial charge in [-0.05, 0) is 136 Å². The van der Waals surface area contributed by atoms with Gasteiger partial charge in [0.2, 0.25) is 5.91 Å². The molecule has 8 aliphatic rings. The molecule has 5 saturated carbocycles. The summed E-state index contributed by atoms with van der Waals surface area (Å²) < 4.78 is 19.7. The van der Waals surface area contributed by atoms with Crippen molar-refractivity contribution >= 4 is 5.91 Å². The molecule has 1 amide bonds. The predicted octanol–water partition coefficient (Wildman–Crippen LogP) is 4.60. The van der Waals surface area contributed by atoms with E-state index in [4.69, 9.17) is 14.2 Å². The third-order valence-electron chi connectivity index (χ3n) is 17.1. The second-order valence-electron chi connectivity index (χ2n) is 19.9. The monoisotopic (exact) mass is 686 g/mol. The lowest BCUT2D eigenvalue weighted by Crippen LogP contribution is -2.60. The van der Waals surface area contributed by atoms with E-state index < -0.39 is 23.9 Å². The van der Waals surface area contributed by atoms with E-state index in [1.807, 2.05) is 4.90 Å². The number of hydrogen-bond donors (Lipinski definition) is 3. The van der Waals surface area contributed by atoms with Gasteiger partial charge in [-0.25, -0.2) is 0 Å². The molecule has 0 aromatic rings. The van der Waals surface area contributed by atoms with Gasteiger partial charge in [0.05, 0.1) is 49.7 Å². The molecule has 0 aromatic heterocycles. The average molecular weight is 687 g/mol. The maximum atomic E-state index is 13.2.